The minimum atomic E-state index is -3.74. The van der Waals surface area contributed by atoms with Gasteiger partial charge in [-0.05, 0) is 37.6 Å². The van der Waals surface area contributed by atoms with Crippen molar-refractivity contribution >= 4 is 33.3 Å². The van der Waals surface area contributed by atoms with E-state index in [1.54, 1.807) is 26.8 Å². The average Bonchev–Trinajstić information content (AvgIpc) is 2.73. The van der Waals surface area contributed by atoms with Crippen LogP contribution in [0.15, 0.2) is 41.3 Å². The van der Waals surface area contributed by atoms with Crippen LogP contribution < -0.4 is 5.32 Å². The van der Waals surface area contributed by atoms with Crippen LogP contribution in [0.3, 0.4) is 0 Å². The van der Waals surface area contributed by atoms with E-state index in [0.29, 0.717) is 18.7 Å². The molecule has 1 N–H and O–H groups in total. The third-order valence-corrected chi connectivity index (χ3v) is 6.96. The summed E-state index contributed by atoms with van der Waals surface area (Å²) in [5.41, 5.74) is 0.376. The first kappa shape index (κ1) is 25.0. The number of benzene rings is 2. The molecule has 0 aliphatic carbocycles. The van der Waals surface area contributed by atoms with Gasteiger partial charge in [-0.1, -0.05) is 32.0 Å². The molecule has 10 nitrogen and oxygen atoms in total. The van der Waals surface area contributed by atoms with Crippen LogP contribution >= 0.6 is 0 Å². The molecule has 0 aliphatic heterocycles. The molecule has 0 heterocycles. The second-order valence-corrected chi connectivity index (χ2v) is 8.83. The topological polar surface area (TPSA) is 136 Å². The highest BCUT2D eigenvalue weighted by Crippen LogP contribution is 2.25. The van der Waals surface area contributed by atoms with Crippen molar-refractivity contribution in [2.24, 2.45) is 0 Å². The van der Waals surface area contributed by atoms with Crippen LogP contribution in [-0.4, -0.2) is 49.2 Å². The van der Waals surface area contributed by atoms with E-state index in [-0.39, 0.29) is 27.4 Å². The Bertz CT molecular complexity index is 1140. The molecular formula is C21H25N3O7S. The van der Waals surface area contributed by atoms with Gasteiger partial charge < -0.3 is 10.1 Å². The van der Waals surface area contributed by atoms with Crippen molar-refractivity contribution in [3.63, 3.8) is 0 Å². The Morgan fingerprint density at radius 3 is 2.34 bits per heavy atom. The standard InChI is InChI=1S/C21H25N3O7S/c1-5-23(6-2)32(29,30)18-12-16(11-10-14(18)3)22-19(25)13-31-21(26)17-9-7-8-15(4)20(17)24(27)28/h7-12H,5-6,13H2,1-4H3,(H,22,25). The molecule has 0 fully saturated rings. The third-order valence-electron chi connectivity index (χ3n) is 4.77. The molecule has 1 amide bonds. The Kier molecular flexibility index (Phi) is 8.06. The van der Waals surface area contributed by atoms with Gasteiger partial charge in [-0.15, -0.1) is 0 Å². The Morgan fingerprint density at radius 1 is 1.09 bits per heavy atom. The molecule has 11 heteroatoms. The van der Waals surface area contributed by atoms with Crippen LogP contribution in [0.5, 0.6) is 0 Å². The summed E-state index contributed by atoms with van der Waals surface area (Å²) in [5.74, 6) is -1.73. The first-order valence-electron chi connectivity index (χ1n) is 9.84. The van der Waals surface area contributed by atoms with E-state index in [1.165, 1.54) is 41.6 Å². The van der Waals surface area contributed by atoms with E-state index < -0.39 is 33.4 Å². The second-order valence-electron chi connectivity index (χ2n) is 6.92. The normalized spacial score (nSPS) is 11.3. The van der Waals surface area contributed by atoms with Gasteiger partial charge in [0.15, 0.2) is 6.61 Å². The molecular weight excluding hydrogens is 438 g/mol. The predicted octanol–water partition coefficient (Wildman–Crippen LogP) is 3.04. The zero-order chi connectivity index (χ0) is 24.1. The molecule has 0 spiro atoms. The molecule has 0 saturated heterocycles. The maximum absolute atomic E-state index is 12.8. The highest BCUT2D eigenvalue weighted by molar-refractivity contribution is 7.89. The number of carbonyl (C=O) groups is 2. The van der Waals surface area contributed by atoms with Crippen LogP contribution in [0, 0.1) is 24.0 Å². The van der Waals surface area contributed by atoms with Gasteiger partial charge in [-0.3, -0.25) is 14.9 Å². The first-order valence-corrected chi connectivity index (χ1v) is 11.3. The number of nitro groups is 1. The van der Waals surface area contributed by atoms with Crippen molar-refractivity contribution in [3.05, 3.63) is 63.2 Å². The highest BCUT2D eigenvalue weighted by Gasteiger charge is 2.25. The molecule has 0 atom stereocenters. The number of hydrogen-bond donors (Lipinski definition) is 1. The number of nitrogens with one attached hydrogen (secondary N) is 1. The van der Waals surface area contributed by atoms with Gasteiger partial charge in [0.2, 0.25) is 10.0 Å². The molecule has 0 aliphatic rings. The quantitative estimate of drug-likeness (QED) is 0.343. The van der Waals surface area contributed by atoms with Crippen LogP contribution in [0.4, 0.5) is 11.4 Å². The Labute approximate surface area is 186 Å². The van der Waals surface area contributed by atoms with Crippen molar-refractivity contribution in [3.8, 4) is 0 Å². The number of ether oxygens (including phenoxy) is 1. The van der Waals surface area contributed by atoms with Gasteiger partial charge in [-0.2, -0.15) is 4.31 Å². The number of carbonyl (C=O) groups excluding carboxylic acids is 2. The van der Waals surface area contributed by atoms with E-state index in [9.17, 15) is 28.1 Å². The van der Waals surface area contributed by atoms with Crippen molar-refractivity contribution in [1.29, 1.82) is 0 Å². The van der Waals surface area contributed by atoms with Crippen molar-refractivity contribution in [2.75, 3.05) is 25.0 Å². The van der Waals surface area contributed by atoms with Gasteiger partial charge in [-0.25, -0.2) is 13.2 Å². The number of rotatable bonds is 9. The summed E-state index contributed by atoms with van der Waals surface area (Å²) in [6, 6.07) is 8.64. The van der Waals surface area contributed by atoms with E-state index in [0.717, 1.165) is 0 Å². The summed E-state index contributed by atoms with van der Waals surface area (Å²) in [6.45, 7) is 6.51. The lowest BCUT2D eigenvalue weighted by Crippen LogP contribution is -2.31. The molecule has 0 aromatic heterocycles. The zero-order valence-electron chi connectivity index (χ0n) is 18.2. The summed E-state index contributed by atoms with van der Waals surface area (Å²) in [7, 11) is -3.74. The lowest BCUT2D eigenvalue weighted by Gasteiger charge is -2.20. The SMILES string of the molecule is CCN(CC)S(=O)(=O)c1cc(NC(=O)COC(=O)c2cccc(C)c2[N+](=O)[O-])ccc1C. The van der Waals surface area contributed by atoms with Gasteiger partial charge in [0, 0.05) is 24.3 Å². The second kappa shape index (κ2) is 10.3. The minimum Gasteiger partial charge on any atom is -0.452 e. The maximum atomic E-state index is 12.8. The number of nitrogens with zero attached hydrogens (tertiary/aromatic N) is 2. The molecule has 2 rings (SSSR count). The van der Waals surface area contributed by atoms with Crippen molar-refractivity contribution < 1.29 is 27.7 Å². The van der Waals surface area contributed by atoms with Gasteiger partial charge in [0.05, 0.1) is 9.82 Å². The minimum absolute atomic E-state index is 0.0615. The van der Waals surface area contributed by atoms with Crippen molar-refractivity contribution in [1.82, 2.24) is 4.31 Å². The number of hydrogen-bond acceptors (Lipinski definition) is 7. The largest absolute Gasteiger partial charge is 0.452 e. The molecule has 0 unspecified atom stereocenters. The summed E-state index contributed by atoms with van der Waals surface area (Å²) < 4.78 is 31.9. The number of aryl methyl sites for hydroxylation is 2. The van der Waals surface area contributed by atoms with Gasteiger partial charge >= 0.3 is 5.97 Å². The van der Waals surface area contributed by atoms with Crippen LogP contribution in [0.1, 0.15) is 35.3 Å². The van der Waals surface area contributed by atoms with Crippen LogP contribution in [-0.2, 0) is 19.6 Å². The zero-order valence-corrected chi connectivity index (χ0v) is 19.1. The first-order chi connectivity index (χ1) is 15.0. The van der Waals surface area contributed by atoms with Crippen LogP contribution in [0.25, 0.3) is 0 Å². The van der Waals surface area contributed by atoms with E-state index >= 15 is 0 Å². The maximum Gasteiger partial charge on any atom is 0.345 e. The molecule has 0 saturated carbocycles. The summed E-state index contributed by atoms with van der Waals surface area (Å²) >= 11 is 0. The van der Waals surface area contributed by atoms with Crippen molar-refractivity contribution in [2.45, 2.75) is 32.6 Å². The Balaban J connectivity index is 2.14. The molecule has 2 aromatic rings. The number of esters is 1. The number of para-hydroxylation sites is 1. The molecule has 172 valence electrons. The average molecular weight is 464 g/mol. The molecule has 2 aromatic carbocycles. The number of sulfonamides is 1. The Hall–Kier alpha value is -3.31. The fourth-order valence-electron chi connectivity index (χ4n) is 3.13. The summed E-state index contributed by atoms with van der Waals surface area (Å²) in [5, 5.41) is 13.7. The third kappa shape index (κ3) is 5.48. The van der Waals surface area contributed by atoms with Crippen LogP contribution in [0.2, 0.25) is 0 Å². The predicted molar refractivity (Wildman–Crippen MR) is 118 cm³/mol. The number of amides is 1. The fourth-order valence-corrected chi connectivity index (χ4v) is 4.84. The number of nitro benzene ring substituents is 1. The van der Waals surface area contributed by atoms with E-state index in [2.05, 4.69) is 5.32 Å². The van der Waals surface area contributed by atoms with E-state index in [4.69, 9.17) is 4.74 Å². The molecule has 32 heavy (non-hydrogen) atoms. The lowest BCUT2D eigenvalue weighted by molar-refractivity contribution is -0.385. The van der Waals surface area contributed by atoms with Gasteiger partial charge in [0.1, 0.15) is 5.56 Å². The highest BCUT2D eigenvalue weighted by atomic mass is 32.2. The summed E-state index contributed by atoms with van der Waals surface area (Å²) in [4.78, 5) is 35.1. The summed E-state index contributed by atoms with van der Waals surface area (Å²) in [6.07, 6.45) is 0. The smallest absolute Gasteiger partial charge is 0.345 e. The monoisotopic (exact) mass is 463 g/mol. The fraction of sp³-hybridized carbons (Fsp3) is 0.333. The molecule has 0 bridgehead atoms. The lowest BCUT2D eigenvalue weighted by atomic mass is 10.1. The van der Waals surface area contributed by atoms with Gasteiger partial charge in [0.25, 0.3) is 11.6 Å². The van der Waals surface area contributed by atoms with E-state index in [1.807, 2.05) is 0 Å². The molecule has 0 radical (unpaired) electrons. The Morgan fingerprint density at radius 2 is 1.75 bits per heavy atom. The number of anilines is 1.